The van der Waals surface area contributed by atoms with Crippen LogP contribution in [0.3, 0.4) is 0 Å². The van der Waals surface area contributed by atoms with Gasteiger partial charge in [0.1, 0.15) is 12.2 Å². The van der Waals surface area contributed by atoms with Crippen LogP contribution in [0, 0.1) is 11.7 Å². The average Bonchev–Trinajstić information content (AvgIpc) is 2.97. The van der Waals surface area contributed by atoms with E-state index in [2.05, 4.69) is 20.5 Å². The third-order valence-corrected chi connectivity index (χ3v) is 3.92. The van der Waals surface area contributed by atoms with Gasteiger partial charge in [0.25, 0.3) is 0 Å². The molecule has 1 aromatic carbocycles. The quantitative estimate of drug-likeness (QED) is 0.687. The highest BCUT2D eigenvalue weighted by atomic mass is 32.1. The molecule has 2 heterocycles. The van der Waals surface area contributed by atoms with Gasteiger partial charge in [-0.25, -0.2) is 4.98 Å². The fourth-order valence-electron chi connectivity index (χ4n) is 2.37. The summed E-state index contributed by atoms with van der Waals surface area (Å²) in [6.07, 6.45) is 1.59. The summed E-state index contributed by atoms with van der Waals surface area (Å²) in [6, 6.07) is 11.3. The molecule has 3 aromatic rings. The van der Waals surface area contributed by atoms with Crippen LogP contribution in [0.2, 0.25) is 0 Å². The Bertz CT molecular complexity index is 946. The summed E-state index contributed by atoms with van der Waals surface area (Å²) in [5.74, 6) is 0.709. The van der Waals surface area contributed by atoms with E-state index in [9.17, 15) is 4.79 Å². The number of rotatable bonds is 5. The maximum atomic E-state index is 12.4. The van der Waals surface area contributed by atoms with Crippen LogP contribution in [0.5, 0.6) is 5.88 Å². The first kappa shape index (κ1) is 16.8. The number of ether oxygens (including phenoxy) is 1. The van der Waals surface area contributed by atoms with Crippen molar-refractivity contribution < 1.29 is 9.53 Å². The number of hydrogen-bond acceptors (Lipinski definition) is 5. The Kier molecular flexibility index (Phi) is 4.90. The fourth-order valence-corrected chi connectivity index (χ4v) is 2.57. The van der Waals surface area contributed by atoms with E-state index < -0.39 is 0 Å². The maximum Gasteiger partial charge on any atom is 0.244 e. The number of aromatic amines is 1. The van der Waals surface area contributed by atoms with Crippen LogP contribution < -0.4 is 10.1 Å². The minimum Gasteiger partial charge on any atom is -0.480 e. The molecule has 128 valence electrons. The van der Waals surface area contributed by atoms with Crippen molar-refractivity contribution in [3.8, 4) is 17.3 Å². The Morgan fingerprint density at radius 2 is 2.08 bits per heavy atom. The van der Waals surface area contributed by atoms with Crippen molar-refractivity contribution in [2.24, 2.45) is 0 Å². The molecule has 0 fully saturated rings. The number of nitrogens with one attached hydrogen (secondary N) is 2. The second-order valence-electron chi connectivity index (χ2n) is 5.41. The first-order valence-electron chi connectivity index (χ1n) is 7.59. The van der Waals surface area contributed by atoms with Crippen LogP contribution in [-0.4, -0.2) is 32.8 Å². The van der Waals surface area contributed by atoms with Crippen LogP contribution >= 0.6 is 12.2 Å². The predicted molar refractivity (Wildman–Crippen MR) is 97.0 cm³/mol. The monoisotopic (exact) mass is 355 g/mol. The normalized spacial score (nSPS) is 10.5. The molecule has 0 saturated carbocycles. The second-order valence-corrected chi connectivity index (χ2v) is 5.80. The summed E-state index contributed by atoms with van der Waals surface area (Å²) in [5.41, 5.74) is 2.53. The van der Waals surface area contributed by atoms with Crippen LogP contribution in [0.25, 0.3) is 11.4 Å². The smallest absolute Gasteiger partial charge is 0.244 e. The van der Waals surface area contributed by atoms with E-state index in [0.717, 1.165) is 11.1 Å². The molecular weight excluding hydrogens is 338 g/mol. The van der Waals surface area contributed by atoms with E-state index in [1.807, 2.05) is 31.2 Å². The summed E-state index contributed by atoms with van der Waals surface area (Å²) in [5, 5.41) is 9.76. The van der Waals surface area contributed by atoms with Crippen molar-refractivity contribution in [1.29, 1.82) is 0 Å². The van der Waals surface area contributed by atoms with Crippen LogP contribution in [0.15, 0.2) is 42.6 Å². The van der Waals surface area contributed by atoms with Gasteiger partial charge in [-0.2, -0.15) is 5.10 Å². The van der Waals surface area contributed by atoms with Gasteiger partial charge in [0.05, 0.1) is 7.11 Å². The molecule has 0 saturated heterocycles. The van der Waals surface area contributed by atoms with E-state index >= 15 is 0 Å². The number of anilines is 1. The van der Waals surface area contributed by atoms with Gasteiger partial charge < -0.3 is 10.1 Å². The summed E-state index contributed by atoms with van der Waals surface area (Å²) in [7, 11) is 1.50. The molecule has 25 heavy (non-hydrogen) atoms. The number of hydrogen-bond donors (Lipinski definition) is 2. The molecule has 0 aliphatic carbocycles. The van der Waals surface area contributed by atoms with Gasteiger partial charge in [0.15, 0.2) is 10.6 Å². The number of aromatic nitrogens is 4. The van der Waals surface area contributed by atoms with Crippen LogP contribution in [0.1, 0.15) is 5.56 Å². The van der Waals surface area contributed by atoms with Crippen molar-refractivity contribution in [2.45, 2.75) is 13.5 Å². The molecule has 8 heteroatoms. The lowest BCUT2D eigenvalue weighted by Gasteiger charge is -2.10. The van der Waals surface area contributed by atoms with E-state index in [1.165, 1.54) is 7.11 Å². The summed E-state index contributed by atoms with van der Waals surface area (Å²) in [4.78, 5) is 16.5. The molecule has 1 amide bonds. The van der Waals surface area contributed by atoms with Gasteiger partial charge in [-0.15, -0.1) is 0 Å². The Balaban J connectivity index is 1.83. The van der Waals surface area contributed by atoms with Gasteiger partial charge in [-0.05, 0) is 31.3 Å². The Labute approximate surface area is 149 Å². The number of pyridine rings is 1. The van der Waals surface area contributed by atoms with Crippen LogP contribution in [0.4, 0.5) is 5.69 Å². The average molecular weight is 355 g/mol. The predicted octanol–water partition coefficient (Wildman–Crippen LogP) is 2.96. The number of benzene rings is 1. The summed E-state index contributed by atoms with van der Waals surface area (Å²) >= 11 is 5.26. The first-order chi connectivity index (χ1) is 12.1. The number of H-pyrrole nitrogens is 1. The Morgan fingerprint density at radius 3 is 2.80 bits per heavy atom. The SMILES string of the molecule is COc1ncccc1NC(=O)Cn1c(-c2ccc(C)cc2)n[nH]c1=S. The molecule has 0 bridgehead atoms. The van der Waals surface area contributed by atoms with E-state index in [0.29, 0.717) is 22.2 Å². The number of amides is 1. The third kappa shape index (κ3) is 3.74. The highest BCUT2D eigenvalue weighted by Crippen LogP contribution is 2.21. The van der Waals surface area contributed by atoms with Crippen molar-refractivity contribution in [2.75, 3.05) is 12.4 Å². The van der Waals surface area contributed by atoms with E-state index in [4.69, 9.17) is 17.0 Å². The number of carbonyl (C=O) groups is 1. The number of methoxy groups -OCH3 is 1. The zero-order valence-electron chi connectivity index (χ0n) is 13.8. The highest BCUT2D eigenvalue weighted by Gasteiger charge is 2.14. The van der Waals surface area contributed by atoms with E-state index in [1.54, 1.807) is 22.9 Å². The molecule has 0 atom stereocenters. The molecular formula is C17H17N5O2S. The van der Waals surface area contributed by atoms with Crippen LogP contribution in [-0.2, 0) is 11.3 Å². The van der Waals surface area contributed by atoms with Gasteiger partial charge in [0, 0.05) is 11.8 Å². The lowest BCUT2D eigenvalue weighted by Crippen LogP contribution is -2.20. The van der Waals surface area contributed by atoms with Gasteiger partial charge in [-0.1, -0.05) is 29.8 Å². The first-order valence-corrected chi connectivity index (χ1v) is 8.00. The van der Waals surface area contributed by atoms with Crippen molar-refractivity contribution in [3.05, 3.63) is 52.9 Å². The number of carbonyl (C=O) groups excluding carboxylic acids is 1. The Morgan fingerprint density at radius 1 is 1.32 bits per heavy atom. The molecule has 0 radical (unpaired) electrons. The molecule has 0 aliphatic rings. The maximum absolute atomic E-state index is 12.4. The molecule has 0 aliphatic heterocycles. The zero-order chi connectivity index (χ0) is 17.8. The number of aryl methyl sites for hydroxylation is 1. The van der Waals surface area contributed by atoms with Crippen molar-refractivity contribution in [3.63, 3.8) is 0 Å². The summed E-state index contributed by atoms with van der Waals surface area (Å²) in [6.45, 7) is 2.03. The molecule has 3 rings (SSSR count). The molecule has 0 unspecified atom stereocenters. The Hall–Kier alpha value is -3.00. The van der Waals surface area contributed by atoms with E-state index in [-0.39, 0.29) is 12.5 Å². The van der Waals surface area contributed by atoms with Gasteiger partial charge in [-0.3, -0.25) is 14.5 Å². The second kappa shape index (κ2) is 7.27. The standard InChI is InChI=1S/C17H17N5O2S/c1-11-5-7-12(8-6-11)15-20-21-17(25)22(15)10-14(23)19-13-4-3-9-18-16(13)24-2/h3-9H,10H2,1-2H3,(H,19,23)(H,21,25). The third-order valence-electron chi connectivity index (χ3n) is 3.61. The molecule has 0 spiro atoms. The zero-order valence-corrected chi connectivity index (χ0v) is 14.6. The summed E-state index contributed by atoms with van der Waals surface area (Å²) < 4.78 is 7.17. The fraction of sp³-hybridized carbons (Fsp3) is 0.176. The largest absolute Gasteiger partial charge is 0.480 e. The number of nitrogens with zero attached hydrogens (tertiary/aromatic N) is 3. The van der Waals surface area contributed by atoms with Crippen molar-refractivity contribution in [1.82, 2.24) is 19.7 Å². The van der Waals surface area contributed by atoms with Crippen molar-refractivity contribution >= 4 is 23.8 Å². The molecule has 2 N–H and O–H groups in total. The lowest BCUT2D eigenvalue weighted by molar-refractivity contribution is -0.116. The minimum atomic E-state index is -0.253. The van der Waals surface area contributed by atoms with Gasteiger partial charge >= 0.3 is 0 Å². The minimum absolute atomic E-state index is 0.0244. The highest BCUT2D eigenvalue weighted by molar-refractivity contribution is 7.71. The van der Waals surface area contributed by atoms with Gasteiger partial charge in [0.2, 0.25) is 11.8 Å². The molecule has 2 aromatic heterocycles. The lowest BCUT2D eigenvalue weighted by atomic mass is 10.1. The molecule has 7 nitrogen and oxygen atoms in total. The topological polar surface area (TPSA) is 84.8 Å².